The van der Waals surface area contributed by atoms with E-state index in [1.165, 1.54) is 43.4 Å². The third-order valence-corrected chi connectivity index (χ3v) is 8.48. The maximum atomic E-state index is 14.2. The zero-order valence-corrected chi connectivity index (χ0v) is 25.5. The Morgan fingerprint density at radius 3 is 2.17 bits per heavy atom. The molecule has 0 saturated carbocycles. The minimum atomic E-state index is -4.26. The zero-order chi connectivity index (χ0) is 30.7. The smallest absolute Gasteiger partial charge is 0.264 e. The van der Waals surface area contributed by atoms with Crippen LogP contribution in [0.25, 0.3) is 0 Å². The second-order valence-corrected chi connectivity index (χ2v) is 11.3. The van der Waals surface area contributed by atoms with Gasteiger partial charge in [0.1, 0.15) is 29.8 Å². The Labute approximate surface area is 248 Å². The van der Waals surface area contributed by atoms with Crippen molar-refractivity contribution in [1.29, 1.82) is 0 Å². The van der Waals surface area contributed by atoms with E-state index in [1.807, 2.05) is 19.9 Å². The maximum absolute atomic E-state index is 14.2. The molecule has 0 heterocycles. The largest absolute Gasteiger partial charge is 0.497 e. The summed E-state index contributed by atoms with van der Waals surface area (Å²) in [6, 6.07) is 18.8. The number of carbonyl (C=O) groups excluding carboxylic acids is 2. The predicted molar refractivity (Wildman–Crippen MR) is 161 cm³/mol. The summed E-state index contributed by atoms with van der Waals surface area (Å²) in [5.74, 6) is 0.495. The Kier molecular flexibility index (Phi) is 11.6. The number of benzene rings is 3. The van der Waals surface area contributed by atoms with E-state index in [2.05, 4.69) is 5.32 Å². The number of nitrogens with zero attached hydrogens (tertiary/aromatic N) is 2. The Morgan fingerprint density at radius 1 is 0.857 bits per heavy atom. The maximum Gasteiger partial charge on any atom is 0.264 e. The Bertz CT molecular complexity index is 1440. The van der Waals surface area contributed by atoms with E-state index in [0.717, 1.165) is 16.3 Å². The molecule has 0 fully saturated rings. The molecule has 3 aromatic rings. The average molecular weight is 598 g/mol. The van der Waals surface area contributed by atoms with Crippen LogP contribution in [0.3, 0.4) is 0 Å². The lowest BCUT2D eigenvalue weighted by Gasteiger charge is -2.33. The van der Waals surface area contributed by atoms with Crippen molar-refractivity contribution in [2.24, 2.45) is 0 Å². The fraction of sp³-hybridized carbons (Fsp3) is 0.355. The number of rotatable bonds is 15. The molecule has 1 N–H and O–H groups in total. The monoisotopic (exact) mass is 597 g/mol. The quantitative estimate of drug-likeness (QED) is 0.279. The minimum Gasteiger partial charge on any atom is -0.497 e. The van der Waals surface area contributed by atoms with Gasteiger partial charge in [-0.3, -0.25) is 13.9 Å². The molecule has 2 amide bonds. The second-order valence-electron chi connectivity index (χ2n) is 9.45. The molecule has 0 unspecified atom stereocenters. The second kappa shape index (κ2) is 15.1. The standard InChI is InChI=1S/C31H39N3O7S/c1-6-19-32-31(36)27(7-2)33(21-23-11-10-12-25(20-23)40-4)30(35)22-34(28-13-8-9-14-29(28)41-5)42(37,38)26-17-15-24(39-3)16-18-26/h8-18,20,27H,6-7,19,21-22H2,1-5H3,(H,32,36)/t27-/m1/s1. The number of nitrogens with one attached hydrogen (secondary N) is 1. The van der Waals surface area contributed by atoms with Crippen LogP contribution in [0.5, 0.6) is 17.2 Å². The molecule has 0 aliphatic rings. The van der Waals surface area contributed by atoms with E-state index in [-0.39, 0.29) is 28.8 Å². The Balaban J connectivity index is 2.10. The van der Waals surface area contributed by atoms with Gasteiger partial charge in [-0.2, -0.15) is 0 Å². The van der Waals surface area contributed by atoms with Crippen molar-refractivity contribution in [2.75, 3.05) is 38.7 Å². The molecule has 0 aromatic heterocycles. The highest BCUT2D eigenvalue weighted by Gasteiger charge is 2.34. The van der Waals surface area contributed by atoms with Gasteiger partial charge in [0.2, 0.25) is 11.8 Å². The van der Waals surface area contributed by atoms with E-state index < -0.39 is 28.5 Å². The molecule has 0 aliphatic heterocycles. The van der Waals surface area contributed by atoms with Gasteiger partial charge in [-0.05, 0) is 66.9 Å². The summed E-state index contributed by atoms with van der Waals surface area (Å²) in [6.07, 6.45) is 1.05. The van der Waals surface area contributed by atoms with Crippen molar-refractivity contribution in [3.63, 3.8) is 0 Å². The van der Waals surface area contributed by atoms with E-state index in [1.54, 1.807) is 49.6 Å². The van der Waals surface area contributed by atoms with Crippen LogP contribution in [0.1, 0.15) is 32.3 Å². The van der Waals surface area contributed by atoms with Crippen LogP contribution in [0.4, 0.5) is 5.69 Å². The summed E-state index contributed by atoms with van der Waals surface area (Å²) in [5.41, 5.74) is 0.917. The van der Waals surface area contributed by atoms with Crippen LogP contribution >= 0.6 is 0 Å². The molecule has 0 aliphatic carbocycles. The van der Waals surface area contributed by atoms with E-state index in [4.69, 9.17) is 14.2 Å². The lowest BCUT2D eigenvalue weighted by atomic mass is 10.1. The van der Waals surface area contributed by atoms with Crippen LogP contribution in [-0.2, 0) is 26.2 Å². The van der Waals surface area contributed by atoms with Gasteiger partial charge >= 0.3 is 0 Å². The molecule has 11 heteroatoms. The molecule has 0 spiro atoms. The number of carbonyl (C=O) groups is 2. The third kappa shape index (κ3) is 7.73. The molecule has 226 valence electrons. The fourth-order valence-electron chi connectivity index (χ4n) is 4.48. The summed E-state index contributed by atoms with van der Waals surface area (Å²) in [6.45, 7) is 3.70. The highest BCUT2D eigenvalue weighted by Crippen LogP contribution is 2.33. The highest BCUT2D eigenvalue weighted by molar-refractivity contribution is 7.92. The summed E-state index contributed by atoms with van der Waals surface area (Å²) >= 11 is 0. The van der Waals surface area contributed by atoms with Gasteiger partial charge in [0.15, 0.2) is 0 Å². The van der Waals surface area contributed by atoms with Crippen LogP contribution in [0.2, 0.25) is 0 Å². The first kappa shape index (κ1) is 32.3. The summed E-state index contributed by atoms with van der Waals surface area (Å²) < 4.78 is 45.2. The molecule has 3 rings (SSSR count). The van der Waals surface area contributed by atoms with Crippen molar-refractivity contribution >= 4 is 27.5 Å². The lowest BCUT2D eigenvalue weighted by Crippen LogP contribution is -2.52. The van der Waals surface area contributed by atoms with Gasteiger partial charge in [0, 0.05) is 13.1 Å². The van der Waals surface area contributed by atoms with Gasteiger partial charge in [0.05, 0.1) is 31.9 Å². The summed E-state index contributed by atoms with van der Waals surface area (Å²) in [5, 5.41) is 2.88. The number of hydrogen-bond acceptors (Lipinski definition) is 7. The average Bonchev–Trinajstić information content (AvgIpc) is 3.02. The molecule has 3 aromatic carbocycles. The SMILES string of the molecule is CCCNC(=O)[C@@H](CC)N(Cc1cccc(OC)c1)C(=O)CN(c1ccccc1OC)S(=O)(=O)c1ccc(OC)cc1. The van der Waals surface area contributed by atoms with E-state index >= 15 is 0 Å². The van der Waals surface area contributed by atoms with Crippen molar-refractivity contribution < 1.29 is 32.2 Å². The first-order valence-electron chi connectivity index (χ1n) is 13.7. The summed E-state index contributed by atoms with van der Waals surface area (Å²) in [7, 11) is 0.202. The van der Waals surface area contributed by atoms with Crippen molar-refractivity contribution in [3.8, 4) is 17.2 Å². The molecular formula is C31H39N3O7S. The number of para-hydroxylation sites is 2. The third-order valence-electron chi connectivity index (χ3n) is 6.70. The van der Waals surface area contributed by atoms with Crippen LogP contribution in [-0.4, -0.2) is 65.6 Å². The number of amides is 2. The Morgan fingerprint density at radius 2 is 1.55 bits per heavy atom. The van der Waals surface area contributed by atoms with E-state index in [9.17, 15) is 18.0 Å². The first-order chi connectivity index (χ1) is 20.2. The van der Waals surface area contributed by atoms with Crippen LogP contribution in [0.15, 0.2) is 77.7 Å². The number of anilines is 1. The zero-order valence-electron chi connectivity index (χ0n) is 24.7. The number of methoxy groups -OCH3 is 3. The number of sulfonamides is 1. The summed E-state index contributed by atoms with van der Waals surface area (Å²) in [4.78, 5) is 28.8. The molecular weight excluding hydrogens is 558 g/mol. The molecule has 1 atom stereocenters. The minimum absolute atomic E-state index is 0.0333. The highest BCUT2D eigenvalue weighted by atomic mass is 32.2. The number of hydrogen-bond donors (Lipinski definition) is 1. The normalized spacial score (nSPS) is 11.7. The Hall–Kier alpha value is -4.25. The van der Waals surface area contributed by atoms with Crippen LogP contribution in [0, 0.1) is 0 Å². The van der Waals surface area contributed by atoms with Gasteiger partial charge in [-0.25, -0.2) is 8.42 Å². The topological polar surface area (TPSA) is 114 Å². The van der Waals surface area contributed by atoms with Crippen molar-refractivity contribution in [2.45, 2.75) is 44.2 Å². The van der Waals surface area contributed by atoms with Gasteiger partial charge < -0.3 is 24.4 Å². The fourth-order valence-corrected chi connectivity index (χ4v) is 5.90. The molecule has 0 bridgehead atoms. The van der Waals surface area contributed by atoms with Gasteiger partial charge in [-0.1, -0.05) is 38.1 Å². The first-order valence-corrected chi connectivity index (χ1v) is 15.1. The van der Waals surface area contributed by atoms with Gasteiger partial charge in [0.25, 0.3) is 10.0 Å². The number of ether oxygens (including phenoxy) is 3. The lowest BCUT2D eigenvalue weighted by molar-refractivity contribution is -0.140. The molecule has 42 heavy (non-hydrogen) atoms. The van der Waals surface area contributed by atoms with Crippen molar-refractivity contribution in [1.82, 2.24) is 10.2 Å². The molecule has 0 saturated heterocycles. The van der Waals surface area contributed by atoms with Crippen LogP contribution < -0.4 is 23.8 Å². The molecule has 0 radical (unpaired) electrons. The molecule has 10 nitrogen and oxygen atoms in total. The van der Waals surface area contributed by atoms with E-state index in [0.29, 0.717) is 24.5 Å². The predicted octanol–water partition coefficient (Wildman–Crippen LogP) is 4.24. The van der Waals surface area contributed by atoms with Crippen molar-refractivity contribution in [3.05, 3.63) is 78.4 Å². The van der Waals surface area contributed by atoms with Gasteiger partial charge in [-0.15, -0.1) is 0 Å².